The topological polar surface area (TPSA) is 31.2 Å². The van der Waals surface area contributed by atoms with E-state index >= 15 is 0 Å². The Labute approximate surface area is 153 Å². The molecule has 2 aliphatic heterocycles. The SMILES string of the molecule is CCc1ccc(-c2c(C3CCCO3)cn3c2C(=O)c2ccccc2-3)cc1. The molecule has 130 valence electrons. The molecule has 0 saturated carbocycles. The molecule has 0 bridgehead atoms. The van der Waals surface area contributed by atoms with Gasteiger partial charge in [0.25, 0.3) is 0 Å². The maximum Gasteiger partial charge on any atom is 0.212 e. The number of rotatable bonds is 3. The highest BCUT2D eigenvalue weighted by atomic mass is 16.5. The lowest BCUT2D eigenvalue weighted by Gasteiger charge is -2.12. The quantitative estimate of drug-likeness (QED) is 0.518. The van der Waals surface area contributed by atoms with E-state index in [4.69, 9.17) is 4.74 Å². The van der Waals surface area contributed by atoms with Crippen LogP contribution in [0.3, 0.4) is 0 Å². The van der Waals surface area contributed by atoms with Crippen molar-refractivity contribution in [3.05, 3.63) is 77.1 Å². The molecule has 3 heterocycles. The zero-order valence-electron chi connectivity index (χ0n) is 14.9. The molecule has 0 spiro atoms. The number of ketones is 1. The van der Waals surface area contributed by atoms with Gasteiger partial charge < -0.3 is 9.30 Å². The number of aromatic nitrogens is 1. The molecule has 0 aliphatic carbocycles. The van der Waals surface area contributed by atoms with Crippen LogP contribution in [-0.4, -0.2) is 17.0 Å². The van der Waals surface area contributed by atoms with Crippen molar-refractivity contribution in [1.29, 1.82) is 0 Å². The van der Waals surface area contributed by atoms with Gasteiger partial charge in [-0.2, -0.15) is 0 Å². The van der Waals surface area contributed by atoms with Crippen LogP contribution in [0, 0.1) is 0 Å². The Morgan fingerprint density at radius 3 is 2.65 bits per heavy atom. The molecule has 1 aromatic heterocycles. The molecule has 26 heavy (non-hydrogen) atoms. The standard InChI is InChI=1S/C23H21NO2/c1-2-15-9-11-16(12-10-15)21-18(20-8-5-13-26-20)14-24-19-7-4-3-6-17(19)23(25)22(21)24/h3-4,6-7,9-12,14,20H,2,5,8,13H2,1H3. The second kappa shape index (κ2) is 5.96. The molecule has 3 heteroatoms. The molecule has 3 nitrogen and oxygen atoms in total. The van der Waals surface area contributed by atoms with E-state index in [-0.39, 0.29) is 11.9 Å². The minimum Gasteiger partial charge on any atom is -0.373 e. The van der Waals surface area contributed by atoms with E-state index in [0.29, 0.717) is 0 Å². The number of carbonyl (C=O) groups is 1. The van der Waals surface area contributed by atoms with E-state index in [2.05, 4.69) is 42.0 Å². The molecule has 0 N–H and O–H groups in total. The predicted octanol–water partition coefficient (Wildman–Crippen LogP) is 5.10. The molecule has 0 amide bonds. The van der Waals surface area contributed by atoms with Crippen LogP contribution in [0.4, 0.5) is 0 Å². The fourth-order valence-corrected chi connectivity index (χ4v) is 4.22. The van der Waals surface area contributed by atoms with Crippen molar-refractivity contribution in [2.75, 3.05) is 6.61 Å². The van der Waals surface area contributed by atoms with Crippen molar-refractivity contribution in [3.8, 4) is 16.8 Å². The van der Waals surface area contributed by atoms with Gasteiger partial charge in [-0.3, -0.25) is 4.79 Å². The average Bonchev–Trinajstić information content (AvgIpc) is 3.39. The van der Waals surface area contributed by atoms with Crippen LogP contribution in [0.15, 0.2) is 54.7 Å². The van der Waals surface area contributed by atoms with Crippen LogP contribution < -0.4 is 0 Å². The molecular weight excluding hydrogens is 322 g/mol. The number of ether oxygens (including phenoxy) is 1. The highest BCUT2D eigenvalue weighted by Crippen LogP contribution is 2.43. The first-order chi connectivity index (χ1) is 12.8. The lowest BCUT2D eigenvalue weighted by atomic mass is 9.94. The number of fused-ring (bicyclic) bond motifs is 3. The number of aryl methyl sites for hydroxylation is 1. The molecule has 3 aromatic rings. The molecule has 2 aliphatic rings. The van der Waals surface area contributed by atoms with Gasteiger partial charge in [-0.1, -0.05) is 43.3 Å². The summed E-state index contributed by atoms with van der Waals surface area (Å²) in [5.41, 5.74) is 7.13. The fraction of sp³-hybridized carbons (Fsp3) is 0.261. The van der Waals surface area contributed by atoms with Crippen LogP contribution in [0.2, 0.25) is 0 Å². The van der Waals surface area contributed by atoms with Crippen LogP contribution in [0.1, 0.15) is 53.0 Å². The van der Waals surface area contributed by atoms with E-state index in [0.717, 1.165) is 59.5 Å². The Balaban J connectivity index is 1.74. The Kier molecular flexibility index (Phi) is 3.57. The van der Waals surface area contributed by atoms with E-state index in [9.17, 15) is 4.79 Å². The molecular formula is C23H21NO2. The lowest BCUT2D eigenvalue weighted by Crippen LogP contribution is -2.01. The van der Waals surface area contributed by atoms with Crippen LogP contribution in [0.5, 0.6) is 0 Å². The maximum absolute atomic E-state index is 13.2. The van der Waals surface area contributed by atoms with Gasteiger partial charge in [-0.25, -0.2) is 0 Å². The summed E-state index contributed by atoms with van der Waals surface area (Å²) < 4.78 is 8.05. The summed E-state index contributed by atoms with van der Waals surface area (Å²) in [5.74, 6) is 0.111. The molecule has 5 rings (SSSR count). The smallest absolute Gasteiger partial charge is 0.212 e. The van der Waals surface area contributed by atoms with Crippen LogP contribution in [-0.2, 0) is 11.2 Å². The van der Waals surface area contributed by atoms with Gasteiger partial charge in [0.15, 0.2) is 0 Å². The van der Waals surface area contributed by atoms with Crippen molar-refractivity contribution in [3.63, 3.8) is 0 Å². The highest BCUT2D eigenvalue weighted by molar-refractivity contribution is 6.17. The second-order valence-corrected chi connectivity index (χ2v) is 7.08. The van der Waals surface area contributed by atoms with Crippen molar-refractivity contribution in [2.24, 2.45) is 0 Å². The summed E-state index contributed by atoms with van der Waals surface area (Å²) in [6.07, 6.45) is 5.30. The molecule has 1 saturated heterocycles. The van der Waals surface area contributed by atoms with Crippen molar-refractivity contribution in [2.45, 2.75) is 32.3 Å². The normalized spacial score (nSPS) is 18.2. The largest absolute Gasteiger partial charge is 0.373 e. The first kappa shape index (κ1) is 15.6. The predicted molar refractivity (Wildman–Crippen MR) is 102 cm³/mol. The van der Waals surface area contributed by atoms with Gasteiger partial charge >= 0.3 is 0 Å². The Morgan fingerprint density at radius 1 is 1.12 bits per heavy atom. The zero-order valence-corrected chi connectivity index (χ0v) is 14.9. The zero-order chi connectivity index (χ0) is 17.7. The number of para-hydroxylation sites is 1. The number of carbonyl (C=O) groups excluding carboxylic acids is 1. The first-order valence-corrected chi connectivity index (χ1v) is 9.38. The van der Waals surface area contributed by atoms with Gasteiger partial charge in [0.2, 0.25) is 5.78 Å². The summed E-state index contributed by atoms with van der Waals surface area (Å²) in [4.78, 5) is 13.2. The number of benzene rings is 2. The third kappa shape index (κ3) is 2.20. The summed E-state index contributed by atoms with van der Waals surface area (Å²) in [6, 6.07) is 16.5. The van der Waals surface area contributed by atoms with Gasteiger partial charge in [-0.05, 0) is 42.5 Å². The third-order valence-corrected chi connectivity index (χ3v) is 5.59. The van der Waals surface area contributed by atoms with Gasteiger partial charge in [0.05, 0.1) is 11.8 Å². The van der Waals surface area contributed by atoms with E-state index < -0.39 is 0 Å². The fourth-order valence-electron chi connectivity index (χ4n) is 4.22. The number of nitrogens with zero attached hydrogens (tertiary/aromatic N) is 1. The monoisotopic (exact) mass is 343 g/mol. The molecule has 1 fully saturated rings. The Morgan fingerprint density at radius 2 is 1.92 bits per heavy atom. The summed E-state index contributed by atoms with van der Waals surface area (Å²) in [7, 11) is 0. The maximum atomic E-state index is 13.2. The third-order valence-electron chi connectivity index (χ3n) is 5.59. The van der Waals surface area contributed by atoms with Gasteiger partial charge in [-0.15, -0.1) is 0 Å². The molecule has 2 aromatic carbocycles. The lowest BCUT2D eigenvalue weighted by molar-refractivity contribution is 0.104. The minimum absolute atomic E-state index is 0.0777. The second-order valence-electron chi connectivity index (χ2n) is 7.08. The number of hydrogen-bond donors (Lipinski definition) is 0. The van der Waals surface area contributed by atoms with Gasteiger partial charge in [0.1, 0.15) is 5.69 Å². The highest BCUT2D eigenvalue weighted by Gasteiger charge is 2.35. The van der Waals surface area contributed by atoms with E-state index in [1.165, 1.54) is 5.56 Å². The van der Waals surface area contributed by atoms with Gasteiger partial charge in [0, 0.05) is 29.5 Å². The average molecular weight is 343 g/mol. The molecule has 1 atom stereocenters. The minimum atomic E-state index is 0.0777. The van der Waals surface area contributed by atoms with E-state index in [1.807, 2.05) is 24.3 Å². The number of hydrogen-bond acceptors (Lipinski definition) is 2. The van der Waals surface area contributed by atoms with Crippen molar-refractivity contribution in [1.82, 2.24) is 4.57 Å². The molecule has 0 radical (unpaired) electrons. The Bertz CT molecular complexity index is 992. The Hall–Kier alpha value is -2.65. The van der Waals surface area contributed by atoms with Crippen LogP contribution in [0.25, 0.3) is 16.8 Å². The first-order valence-electron chi connectivity index (χ1n) is 9.38. The summed E-state index contributed by atoms with van der Waals surface area (Å²) in [5, 5.41) is 0. The van der Waals surface area contributed by atoms with Crippen molar-refractivity contribution >= 4 is 5.78 Å². The summed E-state index contributed by atoms with van der Waals surface area (Å²) >= 11 is 0. The summed E-state index contributed by atoms with van der Waals surface area (Å²) in [6.45, 7) is 2.95. The van der Waals surface area contributed by atoms with Crippen molar-refractivity contribution < 1.29 is 9.53 Å². The van der Waals surface area contributed by atoms with Crippen LogP contribution >= 0.6 is 0 Å². The molecule has 1 unspecified atom stereocenters. The van der Waals surface area contributed by atoms with E-state index in [1.54, 1.807) is 0 Å².